The molecule has 0 spiro atoms. The Morgan fingerprint density at radius 3 is 2.80 bits per heavy atom. The summed E-state index contributed by atoms with van der Waals surface area (Å²) in [4.78, 5) is 10.9. The summed E-state index contributed by atoms with van der Waals surface area (Å²) in [6.07, 6.45) is 3.25. The van der Waals surface area contributed by atoms with Crippen LogP contribution >= 0.6 is 15.9 Å². The van der Waals surface area contributed by atoms with E-state index in [1.54, 1.807) is 0 Å². The van der Waals surface area contributed by atoms with E-state index in [4.69, 9.17) is 0 Å². The molecule has 2 nitrogen and oxygen atoms in total. The van der Waals surface area contributed by atoms with Gasteiger partial charge in [-0.05, 0) is 18.8 Å². The van der Waals surface area contributed by atoms with Crippen LogP contribution in [0.1, 0.15) is 19.3 Å². The van der Waals surface area contributed by atoms with E-state index in [0.717, 1.165) is 18.3 Å². The van der Waals surface area contributed by atoms with Crippen molar-refractivity contribution in [3.05, 3.63) is 0 Å². The van der Waals surface area contributed by atoms with Crippen LogP contribution in [0.25, 0.3) is 0 Å². The van der Waals surface area contributed by atoms with Gasteiger partial charge in [-0.3, -0.25) is 4.79 Å². The van der Waals surface area contributed by atoms with Gasteiger partial charge < -0.3 is 5.32 Å². The summed E-state index contributed by atoms with van der Waals surface area (Å²) in [5.41, 5.74) is 0. The third-order valence-electron chi connectivity index (χ3n) is 1.59. The van der Waals surface area contributed by atoms with E-state index >= 15 is 0 Å². The van der Waals surface area contributed by atoms with E-state index in [9.17, 15) is 4.79 Å². The Labute approximate surface area is 69.5 Å². The van der Waals surface area contributed by atoms with Gasteiger partial charge in [-0.15, -0.1) is 0 Å². The number of rotatable bonds is 4. The molecular formula is C7H12BrNO. The summed E-state index contributed by atoms with van der Waals surface area (Å²) in [7, 11) is 0. The molecule has 0 heterocycles. The van der Waals surface area contributed by atoms with E-state index in [0.29, 0.717) is 5.92 Å². The lowest BCUT2D eigenvalue weighted by Crippen LogP contribution is -2.25. The maximum absolute atomic E-state index is 10.9. The number of amides is 1. The molecule has 0 unspecified atom stereocenters. The first-order valence-electron chi connectivity index (χ1n) is 3.65. The van der Waals surface area contributed by atoms with Crippen LogP contribution in [0.15, 0.2) is 0 Å². The van der Waals surface area contributed by atoms with Crippen LogP contribution in [0.5, 0.6) is 0 Å². The fourth-order valence-corrected chi connectivity index (χ4v) is 1.04. The molecule has 0 atom stereocenters. The number of hydrogen-bond acceptors (Lipinski definition) is 1. The van der Waals surface area contributed by atoms with Crippen LogP contribution in [0.3, 0.4) is 0 Å². The Hall–Kier alpha value is -0.0500. The van der Waals surface area contributed by atoms with Crippen molar-refractivity contribution in [3.63, 3.8) is 0 Å². The van der Waals surface area contributed by atoms with Crippen molar-refractivity contribution in [2.75, 3.05) is 11.9 Å². The van der Waals surface area contributed by atoms with Gasteiger partial charge >= 0.3 is 0 Å². The predicted octanol–water partition coefficient (Wildman–Crippen LogP) is 1.30. The summed E-state index contributed by atoms with van der Waals surface area (Å²) >= 11 is 3.24. The van der Waals surface area contributed by atoms with Gasteiger partial charge in [-0.2, -0.15) is 0 Å². The maximum atomic E-state index is 10.9. The number of carbonyl (C=O) groups is 1. The number of alkyl halides is 1. The molecule has 1 rings (SSSR count). The largest absolute Gasteiger partial charge is 0.355 e. The second-order valence-corrected chi connectivity index (χ2v) is 3.48. The SMILES string of the molecule is O=C(CC1CC1)NCCBr. The highest BCUT2D eigenvalue weighted by Gasteiger charge is 2.23. The smallest absolute Gasteiger partial charge is 0.220 e. The van der Waals surface area contributed by atoms with E-state index in [1.165, 1.54) is 12.8 Å². The number of halogens is 1. The normalized spacial score (nSPS) is 16.9. The monoisotopic (exact) mass is 205 g/mol. The lowest BCUT2D eigenvalue weighted by Gasteiger charge is -1.99. The van der Waals surface area contributed by atoms with Crippen LogP contribution in [0.2, 0.25) is 0 Å². The van der Waals surface area contributed by atoms with Gasteiger partial charge in [0.25, 0.3) is 0 Å². The molecule has 0 aromatic rings. The van der Waals surface area contributed by atoms with Gasteiger partial charge in [0, 0.05) is 18.3 Å². The highest BCUT2D eigenvalue weighted by Crippen LogP contribution is 2.31. The number of nitrogens with one attached hydrogen (secondary N) is 1. The molecule has 1 aliphatic carbocycles. The van der Waals surface area contributed by atoms with Crippen LogP contribution in [0.4, 0.5) is 0 Å². The molecule has 1 fully saturated rings. The average Bonchev–Trinajstić information content (AvgIpc) is 2.67. The number of hydrogen-bond donors (Lipinski definition) is 1. The lowest BCUT2D eigenvalue weighted by molar-refractivity contribution is -0.121. The Morgan fingerprint density at radius 1 is 1.60 bits per heavy atom. The molecular weight excluding hydrogens is 194 g/mol. The third-order valence-corrected chi connectivity index (χ3v) is 1.98. The molecule has 0 aromatic heterocycles. The van der Waals surface area contributed by atoms with Crippen molar-refractivity contribution < 1.29 is 4.79 Å². The third kappa shape index (κ3) is 3.20. The topological polar surface area (TPSA) is 29.1 Å². The van der Waals surface area contributed by atoms with Crippen LogP contribution in [-0.4, -0.2) is 17.8 Å². The lowest BCUT2D eigenvalue weighted by atomic mass is 10.3. The minimum atomic E-state index is 0.210. The molecule has 0 saturated heterocycles. The Kier molecular flexibility index (Phi) is 3.19. The van der Waals surface area contributed by atoms with Gasteiger partial charge in [0.1, 0.15) is 0 Å². The molecule has 0 aromatic carbocycles. The first kappa shape index (κ1) is 8.05. The van der Waals surface area contributed by atoms with Crippen molar-refractivity contribution in [1.29, 1.82) is 0 Å². The second-order valence-electron chi connectivity index (χ2n) is 2.69. The molecule has 3 heteroatoms. The van der Waals surface area contributed by atoms with Crippen molar-refractivity contribution in [2.24, 2.45) is 5.92 Å². The highest BCUT2D eigenvalue weighted by molar-refractivity contribution is 9.09. The Morgan fingerprint density at radius 2 is 2.30 bits per heavy atom. The van der Waals surface area contributed by atoms with Crippen molar-refractivity contribution in [3.8, 4) is 0 Å². The molecule has 1 N–H and O–H groups in total. The number of carbonyl (C=O) groups excluding carboxylic acids is 1. The molecule has 0 radical (unpaired) electrons. The molecule has 1 amide bonds. The zero-order valence-corrected chi connectivity index (χ0v) is 7.49. The summed E-state index contributed by atoms with van der Waals surface area (Å²) in [6, 6.07) is 0. The second kappa shape index (κ2) is 3.96. The van der Waals surface area contributed by atoms with Crippen molar-refractivity contribution in [1.82, 2.24) is 5.32 Å². The molecule has 0 aliphatic heterocycles. The molecule has 1 aliphatic rings. The summed E-state index contributed by atoms with van der Waals surface area (Å²) in [5.74, 6) is 0.914. The summed E-state index contributed by atoms with van der Waals surface area (Å²) in [6.45, 7) is 0.756. The van der Waals surface area contributed by atoms with E-state index in [-0.39, 0.29) is 5.91 Å². The fraction of sp³-hybridized carbons (Fsp3) is 0.857. The van der Waals surface area contributed by atoms with Crippen LogP contribution in [0, 0.1) is 5.92 Å². The van der Waals surface area contributed by atoms with Crippen LogP contribution < -0.4 is 5.32 Å². The zero-order valence-electron chi connectivity index (χ0n) is 5.90. The Balaban J connectivity index is 1.97. The quantitative estimate of drug-likeness (QED) is 0.690. The average molecular weight is 206 g/mol. The van der Waals surface area contributed by atoms with Gasteiger partial charge in [-0.1, -0.05) is 15.9 Å². The van der Waals surface area contributed by atoms with Crippen molar-refractivity contribution in [2.45, 2.75) is 19.3 Å². The zero-order chi connectivity index (χ0) is 7.40. The molecule has 58 valence electrons. The summed E-state index contributed by atoms with van der Waals surface area (Å²) < 4.78 is 0. The highest BCUT2D eigenvalue weighted by atomic mass is 79.9. The Bertz CT molecular complexity index is 123. The fourth-order valence-electron chi connectivity index (χ4n) is 0.843. The first-order chi connectivity index (χ1) is 4.83. The molecule has 0 bridgehead atoms. The standard InChI is InChI=1S/C7H12BrNO/c8-3-4-9-7(10)5-6-1-2-6/h6H,1-5H2,(H,9,10). The van der Waals surface area contributed by atoms with Gasteiger partial charge in [0.2, 0.25) is 5.91 Å². The minimum absolute atomic E-state index is 0.210. The maximum Gasteiger partial charge on any atom is 0.220 e. The first-order valence-corrected chi connectivity index (χ1v) is 4.77. The van der Waals surface area contributed by atoms with E-state index < -0.39 is 0 Å². The van der Waals surface area contributed by atoms with Gasteiger partial charge in [0.15, 0.2) is 0 Å². The summed E-state index contributed by atoms with van der Waals surface area (Å²) in [5, 5.41) is 3.67. The van der Waals surface area contributed by atoms with Gasteiger partial charge in [-0.25, -0.2) is 0 Å². The minimum Gasteiger partial charge on any atom is -0.355 e. The predicted molar refractivity (Wildman–Crippen MR) is 44.1 cm³/mol. The van der Waals surface area contributed by atoms with E-state index in [1.807, 2.05) is 0 Å². The molecule has 1 saturated carbocycles. The van der Waals surface area contributed by atoms with E-state index in [2.05, 4.69) is 21.2 Å². The molecule has 10 heavy (non-hydrogen) atoms. The van der Waals surface area contributed by atoms with Crippen LogP contribution in [-0.2, 0) is 4.79 Å². The van der Waals surface area contributed by atoms with Crippen molar-refractivity contribution >= 4 is 21.8 Å². The van der Waals surface area contributed by atoms with Gasteiger partial charge in [0.05, 0.1) is 0 Å².